The summed E-state index contributed by atoms with van der Waals surface area (Å²) in [5.41, 5.74) is 7.15. The highest BCUT2D eigenvalue weighted by molar-refractivity contribution is 5.40. The molecule has 2 N–H and O–H groups in total. The third kappa shape index (κ3) is 1.52. The first-order valence-electron chi connectivity index (χ1n) is 3.66. The van der Waals surface area contributed by atoms with Gasteiger partial charge in [-0.25, -0.2) is 0 Å². The van der Waals surface area contributed by atoms with Gasteiger partial charge in [-0.2, -0.15) is 5.26 Å². The maximum absolute atomic E-state index is 8.72. The first kappa shape index (κ1) is 8.51. The van der Waals surface area contributed by atoms with E-state index in [1.54, 1.807) is 12.1 Å². The largest absolute Gasteiger partial charge is 0.321 e. The molecule has 1 rings (SSSR count). The molecule has 1 atom stereocenters. The van der Waals surface area contributed by atoms with Crippen molar-refractivity contribution in [2.45, 2.75) is 6.04 Å². The molecule has 60 valence electrons. The highest BCUT2D eigenvalue weighted by Gasteiger charge is 2.05. The number of nitrogens with zero attached hydrogens (tertiary/aromatic N) is 1. The quantitative estimate of drug-likeness (QED) is 0.666. The second-order valence-electron chi connectivity index (χ2n) is 2.46. The third-order valence-corrected chi connectivity index (χ3v) is 1.69. The Hall–Kier alpha value is -1.59. The lowest BCUT2D eigenvalue weighted by molar-refractivity contribution is 0.910. The Balaban J connectivity index is 3.15. The van der Waals surface area contributed by atoms with E-state index in [0.717, 1.165) is 5.56 Å². The van der Waals surface area contributed by atoms with E-state index in [1.165, 1.54) is 0 Å². The minimum Gasteiger partial charge on any atom is -0.321 e. The van der Waals surface area contributed by atoms with Gasteiger partial charge in [-0.1, -0.05) is 24.3 Å². The number of rotatable bonds is 2. The van der Waals surface area contributed by atoms with Crippen molar-refractivity contribution < 1.29 is 0 Å². The van der Waals surface area contributed by atoms with Gasteiger partial charge in [0.05, 0.1) is 11.6 Å². The number of benzene rings is 1. The van der Waals surface area contributed by atoms with Crippen LogP contribution in [0.4, 0.5) is 0 Å². The van der Waals surface area contributed by atoms with E-state index in [2.05, 4.69) is 12.6 Å². The van der Waals surface area contributed by atoms with E-state index in [9.17, 15) is 0 Å². The lowest BCUT2D eigenvalue weighted by atomic mass is 10.0. The Morgan fingerprint density at radius 2 is 2.17 bits per heavy atom. The van der Waals surface area contributed by atoms with Gasteiger partial charge in [-0.15, -0.1) is 6.58 Å². The fourth-order valence-electron chi connectivity index (χ4n) is 1.02. The highest BCUT2D eigenvalue weighted by Crippen LogP contribution is 2.15. The average Bonchev–Trinajstić information content (AvgIpc) is 2.16. The van der Waals surface area contributed by atoms with E-state index >= 15 is 0 Å². The zero-order chi connectivity index (χ0) is 8.97. The van der Waals surface area contributed by atoms with E-state index in [4.69, 9.17) is 11.0 Å². The molecule has 0 aliphatic rings. The van der Waals surface area contributed by atoms with Crippen molar-refractivity contribution in [3.05, 3.63) is 48.0 Å². The predicted molar refractivity (Wildman–Crippen MR) is 48.3 cm³/mol. The summed E-state index contributed by atoms with van der Waals surface area (Å²) in [6, 6.07) is 9.10. The standard InChI is InChI=1S/C10H10N2/c1-2-10(12)9-6-4-3-5-8(9)7-11/h2-6,10H,1,12H2/t10-/m1/s1. The first-order chi connectivity index (χ1) is 5.79. The van der Waals surface area contributed by atoms with E-state index in [1.807, 2.05) is 18.2 Å². The minimum absolute atomic E-state index is 0.249. The summed E-state index contributed by atoms with van der Waals surface area (Å²) >= 11 is 0. The molecule has 12 heavy (non-hydrogen) atoms. The molecule has 0 saturated carbocycles. The third-order valence-electron chi connectivity index (χ3n) is 1.69. The SMILES string of the molecule is C=C[C@@H](N)c1ccccc1C#N. The van der Waals surface area contributed by atoms with Gasteiger partial charge in [-0.3, -0.25) is 0 Å². The van der Waals surface area contributed by atoms with Gasteiger partial charge >= 0.3 is 0 Å². The maximum Gasteiger partial charge on any atom is 0.0995 e. The van der Waals surface area contributed by atoms with Crippen molar-refractivity contribution in [1.29, 1.82) is 5.26 Å². The summed E-state index contributed by atoms with van der Waals surface area (Å²) in [5, 5.41) is 8.72. The molecule has 2 heteroatoms. The highest BCUT2D eigenvalue weighted by atomic mass is 14.6. The smallest absolute Gasteiger partial charge is 0.0995 e. The van der Waals surface area contributed by atoms with Crippen LogP contribution in [0.25, 0.3) is 0 Å². The summed E-state index contributed by atoms with van der Waals surface area (Å²) in [6.07, 6.45) is 1.62. The fourth-order valence-corrected chi connectivity index (χ4v) is 1.02. The van der Waals surface area contributed by atoms with Crippen LogP contribution in [0.1, 0.15) is 17.2 Å². The van der Waals surface area contributed by atoms with Crippen molar-refractivity contribution in [1.82, 2.24) is 0 Å². The van der Waals surface area contributed by atoms with Gasteiger partial charge in [0, 0.05) is 6.04 Å². The van der Waals surface area contributed by atoms with Gasteiger partial charge in [0.1, 0.15) is 0 Å². The van der Waals surface area contributed by atoms with E-state index in [-0.39, 0.29) is 6.04 Å². The van der Waals surface area contributed by atoms with Crippen molar-refractivity contribution in [2.75, 3.05) is 0 Å². The van der Waals surface area contributed by atoms with Crippen LogP contribution < -0.4 is 5.73 Å². The molecule has 1 aromatic rings. The summed E-state index contributed by atoms with van der Waals surface area (Å²) in [7, 11) is 0. The van der Waals surface area contributed by atoms with Gasteiger partial charge in [0.25, 0.3) is 0 Å². The van der Waals surface area contributed by atoms with Crippen LogP contribution in [0.5, 0.6) is 0 Å². The monoisotopic (exact) mass is 158 g/mol. The lowest BCUT2D eigenvalue weighted by Crippen LogP contribution is -2.08. The fraction of sp³-hybridized carbons (Fsp3) is 0.100. The Morgan fingerprint density at radius 3 is 2.75 bits per heavy atom. The van der Waals surface area contributed by atoms with Crippen LogP contribution in [0.15, 0.2) is 36.9 Å². The molecule has 0 aliphatic heterocycles. The van der Waals surface area contributed by atoms with Crippen molar-refractivity contribution >= 4 is 0 Å². The molecule has 0 aromatic heterocycles. The Morgan fingerprint density at radius 1 is 1.50 bits per heavy atom. The van der Waals surface area contributed by atoms with Gasteiger partial charge in [0.15, 0.2) is 0 Å². The van der Waals surface area contributed by atoms with Crippen molar-refractivity contribution in [2.24, 2.45) is 5.73 Å². The molecule has 0 unspecified atom stereocenters. The molecule has 1 aromatic carbocycles. The van der Waals surface area contributed by atoms with Crippen LogP contribution >= 0.6 is 0 Å². The number of hydrogen-bond acceptors (Lipinski definition) is 2. The molecule has 0 saturated heterocycles. The maximum atomic E-state index is 8.72. The minimum atomic E-state index is -0.249. The molecule has 0 bridgehead atoms. The van der Waals surface area contributed by atoms with E-state index in [0.29, 0.717) is 5.56 Å². The van der Waals surface area contributed by atoms with Gasteiger partial charge in [0.2, 0.25) is 0 Å². The molecule has 0 spiro atoms. The van der Waals surface area contributed by atoms with Crippen molar-refractivity contribution in [3.63, 3.8) is 0 Å². The molecule has 0 aliphatic carbocycles. The van der Waals surface area contributed by atoms with Crippen LogP contribution in [-0.2, 0) is 0 Å². The molecule has 0 amide bonds. The zero-order valence-electron chi connectivity index (χ0n) is 6.70. The van der Waals surface area contributed by atoms with E-state index < -0.39 is 0 Å². The molecule has 0 heterocycles. The van der Waals surface area contributed by atoms with Crippen molar-refractivity contribution in [3.8, 4) is 6.07 Å². The van der Waals surface area contributed by atoms with Crippen LogP contribution in [-0.4, -0.2) is 0 Å². The van der Waals surface area contributed by atoms with Crippen LogP contribution in [0.2, 0.25) is 0 Å². The number of nitriles is 1. The Kier molecular flexibility index (Phi) is 2.62. The molecule has 0 radical (unpaired) electrons. The number of nitrogens with two attached hydrogens (primary N) is 1. The van der Waals surface area contributed by atoms with Gasteiger partial charge in [-0.05, 0) is 11.6 Å². The summed E-state index contributed by atoms with van der Waals surface area (Å²) in [5.74, 6) is 0. The lowest BCUT2D eigenvalue weighted by Gasteiger charge is -2.07. The Bertz CT molecular complexity index is 323. The van der Waals surface area contributed by atoms with Crippen LogP contribution in [0.3, 0.4) is 0 Å². The second kappa shape index (κ2) is 3.70. The average molecular weight is 158 g/mol. The molecular formula is C10H10N2. The summed E-state index contributed by atoms with van der Waals surface area (Å²) in [4.78, 5) is 0. The second-order valence-corrected chi connectivity index (χ2v) is 2.46. The zero-order valence-corrected chi connectivity index (χ0v) is 6.70. The molecular weight excluding hydrogens is 148 g/mol. The number of hydrogen-bond donors (Lipinski definition) is 1. The van der Waals surface area contributed by atoms with Gasteiger partial charge < -0.3 is 5.73 Å². The topological polar surface area (TPSA) is 49.8 Å². The summed E-state index contributed by atoms with van der Waals surface area (Å²) < 4.78 is 0. The Labute approximate surface area is 71.9 Å². The predicted octanol–water partition coefficient (Wildman–Crippen LogP) is 1.74. The summed E-state index contributed by atoms with van der Waals surface area (Å²) in [6.45, 7) is 3.58. The molecule has 2 nitrogen and oxygen atoms in total. The first-order valence-corrected chi connectivity index (χ1v) is 3.66. The normalized spacial score (nSPS) is 11.7. The van der Waals surface area contributed by atoms with Crippen LogP contribution in [0, 0.1) is 11.3 Å². The molecule has 0 fully saturated rings.